The van der Waals surface area contributed by atoms with E-state index >= 15 is 0 Å². The van der Waals surface area contributed by atoms with E-state index < -0.39 is 41.6 Å². The zero-order chi connectivity index (χ0) is 12.3. The Labute approximate surface area is 88.0 Å². The Kier molecular flexibility index (Phi) is 3.45. The third-order valence-corrected chi connectivity index (χ3v) is 1.75. The average molecular weight is 230 g/mol. The lowest BCUT2D eigenvalue weighted by atomic mass is 10.1. The summed E-state index contributed by atoms with van der Waals surface area (Å²) in [6.07, 6.45) is -3.82. The van der Waals surface area contributed by atoms with Gasteiger partial charge in [0.2, 0.25) is 0 Å². The Hall–Kier alpha value is -2.10. The molecule has 0 saturated carbocycles. The molecule has 4 nitrogen and oxygen atoms in total. The summed E-state index contributed by atoms with van der Waals surface area (Å²) in [5.74, 6) is -2.57. The van der Waals surface area contributed by atoms with Gasteiger partial charge in [0.25, 0.3) is 6.43 Å². The lowest BCUT2D eigenvalue weighted by Crippen LogP contribution is -2.09. The molecule has 0 amide bonds. The second kappa shape index (κ2) is 4.61. The zero-order valence-corrected chi connectivity index (χ0v) is 7.75. The fourth-order valence-corrected chi connectivity index (χ4v) is 1.09. The Morgan fingerprint density at radius 1 is 1.62 bits per heavy atom. The van der Waals surface area contributed by atoms with Crippen molar-refractivity contribution in [1.29, 1.82) is 5.26 Å². The molecule has 1 N–H and O–H groups in total. The fourth-order valence-electron chi connectivity index (χ4n) is 1.09. The quantitative estimate of drug-likeness (QED) is 0.856. The number of carboxylic acids is 1. The molecule has 0 aliphatic carbocycles. The molecule has 7 heteroatoms. The molecule has 84 valence electrons. The number of aliphatic carboxylic acids is 1. The molecule has 1 rings (SSSR count). The van der Waals surface area contributed by atoms with Crippen LogP contribution in [0, 0.1) is 17.1 Å². The number of nitriles is 1. The molecule has 0 radical (unpaired) electrons. The predicted molar refractivity (Wildman–Crippen MR) is 45.2 cm³/mol. The number of hydrogen-bond donors (Lipinski definition) is 1. The number of halogens is 3. The van der Waals surface area contributed by atoms with Crippen LogP contribution in [0.25, 0.3) is 0 Å². The van der Waals surface area contributed by atoms with E-state index in [0.717, 1.165) is 0 Å². The van der Waals surface area contributed by atoms with Crippen LogP contribution in [-0.4, -0.2) is 16.1 Å². The molecule has 1 heterocycles. The first-order chi connectivity index (χ1) is 7.45. The normalized spacial score (nSPS) is 10.2. The Bertz CT molecular complexity index is 469. The van der Waals surface area contributed by atoms with Gasteiger partial charge < -0.3 is 5.11 Å². The van der Waals surface area contributed by atoms with Crippen molar-refractivity contribution in [3.63, 3.8) is 0 Å². The molecule has 1 aromatic heterocycles. The van der Waals surface area contributed by atoms with Crippen LogP contribution < -0.4 is 0 Å². The van der Waals surface area contributed by atoms with Gasteiger partial charge in [-0.25, -0.2) is 18.2 Å². The molecule has 16 heavy (non-hydrogen) atoms. The number of alkyl halides is 2. The molecule has 0 fully saturated rings. The van der Waals surface area contributed by atoms with Crippen LogP contribution in [0.1, 0.15) is 23.4 Å². The first-order valence-electron chi connectivity index (χ1n) is 4.05. The SMILES string of the molecule is N#Cc1nc(CC(=O)O)c(C(F)F)cc1F. The summed E-state index contributed by atoms with van der Waals surface area (Å²) >= 11 is 0. The summed E-state index contributed by atoms with van der Waals surface area (Å²) in [5.41, 5.74) is -2.00. The van der Waals surface area contributed by atoms with Crippen LogP contribution in [0.15, 0.2) is 6.07 Å². The largest absolute Gasteiger partial charge is 0.481 e. The number of rotatable bonds is 3. The molecular weight excluding hydrogens is 225 g/mol. The molecule has 0 aliphatic heterocycles. The molecule has 0 aromatic carbocycles. The number of nitrogens with zero attached hydrogens (tertiary/aromatic N) is 2. The maximum Gasteiger partial charge on any atom is 0.309 e. The van der Waals surface area contributed by atoms with Gasteiger partial charge in [-0.1, -0.05) is 0 Å². The van der Waals surface area contributed by atoms with Gasteiger partial charge in [-0.15, -0.1) is 0 Å². The van der Waals surface area contributed by atoms with Crippen LogP contribution >= 0.6 is 0 Å². The van der Waals surface area contributed by atoms with E-state index in [1.807, 2.05) is 0 Å². The van der Waals surface area contributed by atoms with Gasteiger partial charge in [0.1, 0.15) is 6.07 Å². The lowest BCUT2D eigenvalue weighted by molar-refractivity contribution is -0.136. The van der Waals surface area contributed by atoms with Gasteiger partial charge in [-0.05, 0) is 6.07 Å². The van der Waals surface area contributed by atoms with Crippen molar-refractivity contribution in [2.45, 2.75) is 12.8 Å². The van der Waals surface area contributed by atoms with Gasteiger partial charge in [-0.2, -0.15) is 5.26 Å². The highest BCUT2D eigenvalue weighted by atomic mass is 19.3. The molecule has 0 spiro atoms. The van der Waals surface area contributed by atoms with Gasteiger partial charge >= 0.3 is 5.97 Å². The fraction of sp³-hybridized carbons (Fsp3) is 0.222. The van der Waals surface area contributed by atoms with Crippen LogP contribution in [0.4, 0.5) is 13.2 Å². The number of aromatic nitrogens is 1. The molecule has 0 atom stereocenters. The smallest absolute Gasteiger partial charge is 0.309 e. The van der Waals surface area contributed by atoms with Crippen LogP contribution in [-0.2, 0) is 11.2 Å². The molecule has 0 unspecified atom stereocenters. The number of carboxylic acid groups (broad SMARTS) is 1. The second-order valence-electron chi connectivity index (χ2n) is 2.84. The minimum absolute atomic E-state index is 0.439. The Balaban J connectivity index is 3.32. The van der Waals surface area contributed by atoms with E-state index in [1.165, 1.54) is 6.07 Å². The van der Waals surface area contributed by atoms with Gasteiger partial charge in [0, 0.05) is 5.56 Å². The Morgan fingerprint density at radius 2 is 2.25 bits per heavy atom. The zero-order valence-electron chi connectivity index (χ0n) is 7.75. The van der Waals surface area contributed by atoms with Crippen molar-refractivity contribution in [1.82, 2.24) is 4.98 Å². The van der Waals surface area contributed by atoms with E-state index in [2.05, 4.69) is 4.98 Å². The summed E-state index contributed by atoms with van der Waals surface area (Å²) in [6.45, 7) is 0. The third kappa shape index (κ3) is 2.48. The van der Waals surface area contributed by atoms with E-state index in [-0.39, 0.29) is 0 Å². The van der Waals surface area contributed by atoms with Crippen LogP contribution in [0.3, 0.4) is 0 Å². The summed E-state index contributed by atoms with van der Waals surface area (Å²) in [6, 6.07) is 1.79. The topological polar surface area (TPSA) is 74.0 Å². The molecule has 0 aliphatic rings. The number of pyridine rings is 1. The van der Waals surface area contributed by atoms with Crippen molar-refractivity contribution >= 4 is 5.97 Å². The summed E-state index contributed by atoms with van der Waals surface area (Å²) in [7, 11) is 0. The van der Waals surface area contributed by atoms with Crippen molar-refractivity contribution in [2.24, 2.45) is 0 Å². The standard InChI is InChI=1S/C9H5F3N2O2/c10-5-1-4(9(11)12)6(2-8(15)16)14-7(5)3-13/h1,9H,2H2,(H,15,16). The van der Waals surface area contributed by atoms with Crippen molar-refractivity contribution < 1.29 is 23.1 Å². The predicted octanol–water partition coefficient (Wildman–Crippen LogP) is 1.66. The summed E-state index contributed by atoms with van der Waals surface area (Å²) < 4.78 is 37.8. The maximum atomic E-state index is 13.0. The van der Waals surface area contributed by atoms with E-state index in [1.54, 1.807) is 0 Å². The first kappa shape index (κ1) is 12.0. The molecule has 0 bridgehead atoms. The van der Waals surface area contributed by atoms with E-state index in [9.17, 15) is 18.0 Å². The molecule has 0 saturated heterocycles. The highest BCUT2D eigenvalue weighted by Crippen LogP contribution is 2.24. The monoisotopic (exact) mass is 230 g/mol. The molecular formula is C9H5F3N2O2. The van der Waals surface area contributed by atoms with Crippen molar-refractivity contribution in [3.05, 3.63) is 28.8 Å². The van der Waals surface area contributed by atoms with E-state index in [0.29, 0.717) is 6.07 Å². The number of carbonyl (C=O) groups is 1. The Morgan fingerprint density at radius 3 is 2.69 bits per heavy atom. The lowest BCUT2D eigenvalue weighted by Gasteiger charge is -2.06. The third-order valence-electron chi connectivity index (χ3n) is 1.75. The second-order valence-corrected chi connectivity index (χ2v) is 2.84. The van der Waals surface area contributed by atoms with Crippen molar-refractivity contribution in [2.75, 3.05) is 0 Å². The first-order valence-corrected chi connectivity index (χ1v) is 4.05. The maximum absolute atomic E-state index is 13.0. The van der Waals surface area contributed by atoms with Crippen LogP contribution in [0.2, 0.25) is 0 Å². The van der Waals surface area contributed by atoms with E-state index in [4.69, 9.17) is 10.4 Å². The summed E-state index contributed by atoms with van der Waals surface area (Å²) in [5, 5.41) is 16.9. The van der Waals surface area contributed by atoms with Crippen molar-refractivity contribution in [3.8, 4) is 6.07 Å². The number of hydrogen-bond acceptors (Lipinski definition) is 3. The van der Waals surface area contributed by atoms with Gasteiger partial charge in [0.05, 0.1) is 12.1 Å². The highest BCUT2D eigenvalue weighted by Gasteiger charge is 2.20. The minimum atomic E-state index is -3.04. The minimum Gasteiger partial charge on any atom is -0.481 e. The van der Waals surface area contributed by atoms with Crippen LogP contribution in [0.5, 0.6) is 0 Å². The van der Waals surface area contributed by atoms with Gasteiger partial charge in [0.15, 0.2) is 11.5 Å². The summed E-state index contributed by atoms with van der Waals surface area (Å²) in [4.78, 5) is 13.6. The average Bonchev–Trinajstić information content (AvgIpc) is 2.19. The molecule has 1 aromatic rings. The van der Waals surface area contributed by atoms with Gasteiger partial charge in [-0.3, -0.25) is 4.79 Å². The highest BCUT2D eigenvalue weighted by molar-refractivity contribution is 5.70.